The number of benzene rings is 1. The molecule has 11 heteroatoms. The van der Waals surface area contributed by atoms with Crippen molar-refractivity contribution in [3.63, 3.8) is 0 Å². The van der Waals surface area contributed by atoms with Crippen molar-refractivity contribution >= 4 is 23.4 Å². The van der Waals surface area contributed by atoms with E-state index in [-0.39, 0.29) is 11.9 Å². The van der Waals surface area contributed by atoms with E-state index in [2.05, 4.69) is 14.8 Å². The number of imidazole rings is 1. The van der Waals surface area contributed by atoms with Gasteiger partial charge in [0, 0.05) is 32.7 Å². The molecule has 10 nitrogen and oxygen atoms in total. The van der Waals surface area contributed by atoms with Crippen molar-refractivity contribution in [3.05, 3.63) is 72.2 Å². The first-order chi connectivity index (χ1) is 18.1. The molecule has 1 N–H and O–H groups in total. The molecule has 1 unspecified atom stereocenters. The minimum atomic E-state index is -0.895. The van der Waals surface area contributed by atoms with Crippen LogP contribution in [0.5, 0.6) is 0 Å². The van der Waals surface area contributed by atoms with Crippen LogP contribution in [0.25, 0.3) is 17.0 Å². The Morgan fingerprint density at radius 2 is 1.84 bits per heavy atom. The van der Waals surface area contributed by atoms with Gasteiger partial charge >= 0.3 is 6.09 Å². The summed E-state index contributed by atoms with van der Waals surface area (Å²) in [7, 11) is 0. The van der Waals surface area contributed by atoms with Crippen molar-refractivity contribution in [1.29, 1.82) is 0 Å². The number of ether oxygens (including phenoxy) is 1. The van der Waals surface area contributed by atoms with Crippen LogP contribution in [0.15, 0.2) is 60.8 Å². The van der Waals surface area contributed by atoms with E-state index in [0.29, 0.717) is 51.6 Å². The van der Waals surface area contributed by atoms with E-state index < -0.39 is 6.09 Å². The van der Waals surface area contributed by atoms with Gasteiger partial charge in [0.1, 0.15) is 23.1 Å². The van der Waals surface area contributed by atoms with E-state index in [1.807, 2.05) is 36.4 Å². The Kier molecular flexibility index (Phi) is 6.05. The lowest BCUT2D eigenvalue weighted by atomic mass is 10.0. The number of halogens is 1. The zero-order valence-electron chi connectivity index (χ0n) is 20.1. The number of anilines is 2. The van der Waals surface area contributed by atoms with E-state index in [1.54, 1.807) is 22.8 Å². The molecule has 0 saturated carbocycles. The Labute approximate surface area is 212 Å². The van der Waals surface area contributed by atoms with Crippen molar-refractivity contribution < 1.29 is 19.0 Å². The molecular formula is C26H26FN7O3. The van der Waals surface area contributed by atoms with Crippen LogP contribution in [0.2, 0.25) is 0 Å². The first-order valence-corrected chi connectivity index (χ1v) is 12.2. The van der Waals surface area contributed by atoms with Crippen molar-refractivity contribution in [2.24, 2.45) is 0 Å². The van der Waals surface area contributed by atoms with Crippen molar-refractivity contribution in [1.82, 2.24) is 24.5 Å². The van der Waals surface area contributed by atoms with Gasteiger partial charge in [-0.1, -0.05) is 18.2 Å². The average Bonchev–Trinajstić information content (AvgIpc) is 3.36. The fraction of sp³-hybridized carbons (Fsp3) is 0.308. The third kappa shape index (κ3) is 4.53. The van der Waals surface area contributed by atoms with Gasteiger partial charge in [-0.2, -0.15) is 0 Å². The normalized spacial score (nSPS) is 18.4. The number of fused-ring (bicyclic) bond motifs is 1. The lowest BCUT2D eigenvalue weighted by molar-refractivity contribution is 0.0935. The number of carbonyl (C=O) groups is 1. The minimum absolute atomic E-state index is 0.160. The van der Waals surface area contributed by atoms with Crippen LogP contribution < -0.4 is 9.80 Å². The van der Waals surface area contributed by atoms with Crippen LogP contribution in [-0.4, -0.2) is 81.6 Å². The first kappa shape index (κ1) is 23.2. The summed E-state index contributed by atoms with van der Waals surface area (Å²) in [5.41, 5.74) is 3.00. The van der Waals surface area contributed by atoms with Crippen molar-refractivity contribution in [2.75, 3.05) is 55.7 Å². The number of piperazine rings is 1. The fourth-order valence-corrected chi connectivity index (χ4v) is 4.93. The second kappa shape index (κ2) is 9.66. The van der Waals surface area contributed by atoms with Gasteiger partial charge in [-0.15, -0.1) is 5.10 Å². The Morgan fingerprint density at radius 3 is 2.65 bits per heavy atom. The summed E-state index contributed by atoms with van der Waals surface area (Å²) >= 11 is 0. The number of hydrogen-bond acceptors (Lipinski definition) is 7. The van der Waals surface area contributed by atoms with E-state index in [9.17, 15) is 14.3 Å². The van der Waals surface area contributed by atoms with Gasteiger partial charge in [-0.25, -0.2) is 23.7 Å². The van der Waals surface area contributed by atoms with Gasteiger partial charge in [0.05, 0.1) is 31.1 Å². The summed E-state index contributed by atoms with van der Waals surface area (Å²) in [4.78, 5) is 26.3. The predicted molar refractivity (Wildman–Crippen MR) is 135 cm³/mol. The van der Waals surface area contributed by atoms with Gasteiger partial charge in [0.25, 0.3) is 0 Å². The molecule has 37 heavy (non-hydrogen) atoms. The molecule has 5 heterocycles. The van der Waals surface area contributed by atoms with Crippen LogP contribution in [0.3, 0.4) is 0 Å². The van der Waals surface area contributed by atoms with E-state index in [4.69, 9.17) is 14.8 Å². The van der Waals surface area contributed by atoms with Crippen LogP contribution in [0, 0.1) is 5.82 Å². The Hall–Kier alpha value is -4.25. The average molecular weight is 504 g/mol. The van der Waals surface area contributed by atoms with E-state index in [0.717, 1.165) is 28.6 Å². The second-order valence-electron chi connectivity index (χ2n) is 9.08. The van der Waals surface area contributed by atoms with Crippen LogP contribution in [0.1, 0.15) is 11.6 Å². The SMILES string of the molecule is O=C(O)N1CCN(c2cccc(-c3cnc4ccc(N5CCOCC5c5cccc(F)c5)nn34)n2)CC1. The van der Waals surface area contributed by atoms with Crippen molar-refractivity contribution in [3.8, 4) is 11.4 Å². The molecule has 4 aromatic rings. The highest BCUT2D eigenvalue weighted by molar-refractivity contribution is 5.66. The summed E-state index contributed by atoms with van der Waals surface area (Å²) in [5, 5.41) is 14.1. The lowest BCUT2D eigenvalue weighted by Crippen LogP contribution is -2.48. The fourth-order valence-electron chi connectivity index (χ4n) is 4.93. The molecule has 2 aliphatic rings. The number of rotatable bonds is 4. The lowest BCUT2D eigenvalue weighted by Gasteiger charge is -2.36. The summed E-state index contributed by atoms with van der Waals surface area (Å²) in [6, 6.07) is 16.1. The molecule has 190 valence electrons. The molecule has 2 saturated heterocycles. The van der Waals surface area contributed by atoms with Gasteiger partial charge in [0.2, 0.25) is 0 Å². The van der Waals surface area contributed by atoms with Crippen LogP contribution >= 0.6 is 0 Å². The molecule has 1 amide bonds. The number of pyridine rings is 1. The quantitative estimate of drug-likeness (QED) is 0.453. The van der Waals surface area contributed by atoms with Crippen molar-refractivity contribution in [2.45, 2.75) is 6.04 Å². The zero-order valence-corrected chi connectivity index (χ0v) is 20.1. The zero-order chi connectivity index (χ0) is 25.4. The molecule has 1 aromatic carbocycles. The van der Waals surface area contributed by atoms with Gasteiger partial charge in [0.15, 0.2) is 5.65 Å². The highest BCUT2D eigenvalue weighted by atomic mass is 19.1. The number of hydrogen-bond donors (Lipinski definition) is 1. The Balaban J connectivity index is 1.31. The number of nitrogens with zero attached hydrogens (tertiary/aromatic N) is 7. The summed E-state index contributed by atoms with van der Waals surface area (Å²) in [6.45, 7) is 3.66. The molecule has 0 radical (unpaired) electrons. The predicted octanol–water partition coefficient (Wildman–Crippen LogP) is 3.31. The molecule has 3 aromatic heterocycles. The maximum atomic E-state index is 14.0. The molecule has 2 aliphatic heterocycles. The highest BCUT2D eigenvalue weighted by Gasteiger charge is 2.27. The maximum absolute atomic E-state index is 14.0. The number of aromatic nitrogens is 4. The summed E-state index contributed by atoms with van der Waals surface area (Å²) in [6.07, 6.45) is 0.859. The standard InChI is InChI=1S/C26H26FN7O3/c27-19-4-1-3-18(15-19)22-17-37-14-13-33(22)25-8-7-23-28-16-21(34(23)30-25)20-5-2-6-24(29-20)31-9-11-32(12-10-31)26(35)36/h1-8,15-16,22H,9-14,17H2,(H,35,36). The summed E-state index contributed by atoms with van der Waals surface area (Å²) < 4.78 is 21.5. The molecule has 0 spiro atoms. The highest BCUT2D eigenvalue weighted by Crippen LogP contribution is 2.30. The molecule has 0 bridgehead atoms. The Bertz CT molecular complexity index is 1440. The smallest absolute Gasteiger partial charge is 0.407 e. The minimum Gasteiger partial charge on any atom is -0.465 e. The van der Waals surface area contributed by atoms with E-state index >= 15 is 0 Å². The third-order valence-electron chi connectivity index (χ3n) is 6.88. The third-order valence-corrected chi connectivity index (χ3v) is 6.88. The molecule has 2 fully saturated rings. The number of carboxylic acid groups (broad SMARTS) is 1. The van der Waals surface area contributed by atoms with Crippen LogP contribution in [-0.2, 0) is 4.74 Å². The number of amides is 1. The molecular weight excluding hydrogens is 477 g/mol. The van der Waals surface area contributed by atoms with E-state index in [1.165, 1.54) is 11.0 Å². The maximum Gasteiger partial charge on any atom is 0.407 e. The molecule has 1 atom stereocenters. The topological polar surface area (TPSA) is 99.3 Å². The van der Waals surface area contributed by atoms with Gasteiger partial charge in [-0.3, -0.25) is 0 Å². The number of morpholine rings is 1. The second-order valence-corrected chi connectivity index (χ2v) is 9.08. The largest absolute Gasteiger partial charge is 0.465 e. The van der Waals surface area contributed by atoms with Crippen LogP contribution in [0.4, 0.5) is 20.8 Å². The molecule has 0 aliphatic carbocycles. The first-order valence-electron chi connectivity index (χ1n) is 12.2. The van der Waals surface area contributed by atoms with Gasteiger partial charge in [-0.05, 0) is 42.0 Å². The molecule has 6 rings (SSSR count). The van der Waals surface area contributed by atoms with Gasteiger partial charge < -0.3 is 24.5 Å². The monoisotopic (exact) mass is 503 g/mol. The summed E-state index contributed by atoms with van der Waals surface area (Å²) in [5.74, 6) is 1.25. The Morgan fingerprint density at radius 1 is 1.00 bits per heavy atom.